The molecule has 2 aliphatic rings. The van der Waals surface area contributed by atoms with Crippen LogP contribution in [0.25, 0.3) is 0 Å². The summed E-state index contributed by atoms with van der Waals surface area (Å²) in [5.74, 6) is -3.29. The van der Waals surface area contributed by atoms with Gasteiger partial charge < -0.3 is 10.2 Å². The zero-order valence-electron chi connectivity index (χ0n) is 13.5. The molecular weight excluding hydrogens is 487 g/mol. The largest absolute Gasteiger partial charge is 0.481 e. The van der Waals surface area contributed by atoms with E-state index in [9.17, 15) is 19.8 Å². The minimum absolute atomic E-state index is 0.0519. The van der Waals surface area contributed by atoms with Crippen molar-refractivity contribution in [3.63, 3.8) is 0 Å². The maximum Gasteiger partial charge on any atom is 0.312 e. The molecule has 0 amide bonds. The molecule has 134 valence electrons. The van der Waals surface area contributed by atoms with Crippen molar-refractivity contribution in [1.29, 1.82) is 0 Å². The maximum atomic E-state index is 12.4. The lowest BCUT2D eigenvalue weighted by Gasteiger charge is -2.27. The van der Waals surface area contributed by atoms with E-state index >= 15 is 0 Å². The van der Waals surface area contributed by atoms with Crippen molar-refractivity contribution in [2.75, 3.05) is 0 Å². The first-order chi connectivity index (χ1) is 10.7. The summed E-state index contributed by atoms with van der Waals surface area (Å²) in [7, 11) is 0. The summed E-state index contributed by atoms with van der Waals surface area (Å²) in [6.07, 6.45) is 3.18. The summed E-state index contributed by atoms with van der Waals surface area (Å²) in [5.41, 5.74) is -4.51. The van der Waals surface area contributed by atoms with Crippen molar-refractivity contribution in [2.45, 2.75) is 27.7 Å². The fourth-order valence-corrected chi connectivity index (χ4v) is 5.97. The van der Waals surface area contributed by atoms with Gasteiger partial charge in [-0.15, -0.1) is 0 Å². The number of aliphatic carboxylic acids is 2. The molecule has 0 aromatic rings. The highest BCUT2D eigenvalue weighted by molar-refractivity contribution is 9.28. The minimum atomic E-state index is -1.50. The van der Waals surface area contributed by atoms with Gasteiger partial charge in [-0.3, -0.25) is 9.59 Å². The molecule has 4 atom stereocenters. The molecule has 0 spiro atoms. The highest BCUT2D eigenvalue weighted by Crippen LogP contribution is 2.90. The molecule has 0 aromatic carbocycles. The van der Waals surface area contributed by atoms with Crippen LogP contribution in [-0.2, 0) is 9.59 Å². The molecule has 2 rings (SSSR count). The molecule has 2 N–H and O–H groups in total. The molecule has 0 aliphatic heterocycles. The lowest BCUT2D eigenvalue weighted by molar-refractivity contribution is -0.162. The highest BCUT2D eigenvalue weighted by atomic mass is 79.9. The van der Waals surface area contributed by atoms with Crippen LogP contribution < -0.4 is 0 Å². The first kappa shape index (κ1) is 20.3. The van der Waals surface area contributed by atoms with Crippen molar-refractivity contribution in [2.24, 2.45) is 33.5 Å². The number of carbonyl (C=O) groups is 2. The molecule has 2 fully saturated rings. The normalized spacial score (nSPS) is 38.0. The Labute approximate surface area is 167 Å². The maximum absolute atomic E-state index is 12.4. The molecular formula is C16H18Br2Cl2O4. The SMILES string of the molecule is CC1(C)C(C=C(Cl)Cl)C1(C(=O)O)C1(C(=O)O)C(C=C(Br)Br)C1(C)C. The molecule has 0 saturated heterocycles. The van der Waals surface area contributed by atoms with E-state index in [2.05, 4.69) is 31.9 Å². The number of allylic oxidation sites excluding steroid dienone is 2. The van der Waals surface area contributed by atoms with Crippen molar-refractivity contribution in [1.82, 2.24) is 0 Å². The monoisotopic (exact) mass is 502 g/mol. The van der Waals surface area contributed by atoms with Gasteiger partial charge in [0.25, 0.3) is 0 Å². The van der Waals surface area contributed by atoms with Crippen LogP contribution in [0.4, 0.5) is 0 Å². The fourth-order valence-electron chi connectivity index (χ4n) is 5.19. The zero-order valence-corrected chi connectivity index (χ0v) is 18.2. The Bertz CT molecular complexity index is 620. The van der Waals surface area contributed by atoms with E-state index in [1.54, 1.807) is 33.8 Å². The molecule has 24 heavy (non-hydrogen) atoms. The van der Waals surface area contributed by atoms with Crippen LogP contribution in [0.3, 0.4) is 0 Å². The van der Waals surface area contributed by atoms with E-state index in [4.69, 9.17) is 23.2 Å². The number of carboxylic acid groups (broad SMARTS) is 2. The van der Waals surface area contributed by atoms with Gasteiger partial charge in [-0.25, -0.2) is 0 Å². The van der Waals surface area contributed by atoms with Gasteiger partial charge in [0, 0.05) is 11.8 Å². The lowest BCUT2D eigenvalue weighted by Crippen LogP contribution is -2.41. The minimum Gasteiger partial charge on any atom is -0.481 e. The van der Waals surface area contributed by atoms with Gasteiger partial charge in [-0.2, -0.15) is 0 Å². The summed E-state index contributed by atoms with van der Waals surface area (Å²) in [5, 5.41) is 20.2. The Balaban J connectivity index is 2.76. The van der Waals surface area contributed by atoms with E-state index in [1.807, 2.05) is 0 Å². The van der Waals surface area contributed by atoms with Gasteiger partial charge in [-0.1, -0.05) is 57.0 Å². The van der Waals surface area contributed by atoms with Crippen molar-refractivity contribution in [3.05, 3.63) is 20.0 Å². The van der Waals surface area contributed by atoms with Gasteiger partial charge in [0.1, 0.15) is 4.49 Å². The van der Waals surface area contributed by atoms with E-state index in [0.29, 0.717) is 3.39 Å². The Morgan fingerprint density at radius 2 is 1.21 bits per heavy atom. The molecule has 0 radical (unpaired) electrons. The van der Waals surface area contributed by atoms with E-state index < -0.39 is 45.4 Å². The first-order valence-electron chi connectivity index (χ1n) is 7.26. The summed E-state index contributed by atoms with van der Waals surface area (Å²) < 4.78 is 0.543. The molecule has 0 bridgehead atoms. The lowest BCUT2D eigenvalue weighted by atomic mass is 9.73. The standard InChI is InChI=1S/C16H18Br2Cl2O4/c1-13(2)7(5-9(17)18)15(13,11(21)22)16(12(23)24)8(6-10(19)20)14(16,3)4/h5-8H,1-4H3,(H,21,22)(H,23,24). The molecule has 2 aliphatic carbocycles. The fraction of sp³-hybridized carbons (Fsp3) is 0.625. The molecule has 0 aromatic heterocycles. The van der Waals surface area contributed by atoms with Crippen LogP contribution in [0.15, 0.2) is 20.0 Å². The van der Waals surface area contributed by atoms with Crippen LogP contribution in [0.5, 0.6) is 0 Å². The Morgan fingerprint density at radius 1 is 0.875 bits per heavy atom. The van der Waals surface area contributed by atoms with Crippen molar-refractivity contribution in [3.8, 4) is 0 Å². The van der Waals surface area contributed by atoms with Crippen LogP contribution in [0, 0.1) is 33.5 Å². The van der Waals surface area contributed by atoms with Gasteiger partial charge in [-0.05, 0) is 48.8 Å². The Hall–Kier alpha value is -0.0400. The second-order valence-corrected chi connectivity index (χ2v) is 11.3. The van der Waals surface area contributed by atoms with Crippen LogP contribution >= 0.6 is 55.1 Å². The van der Waals surface area contributed by atoms with Crippen LogP contribution in [0.1, 0.15) is 27.7 Å². The quantitative estimate of drug-likeness (QED) is 0.526. The predicted octanol–water partition coefficient (Wildman–Crippen LogP) is 5.39. The molecule has 2 saturated carbocycles. The molecule has 8 heteroatoms. The van der Waals surface area contributed by atoms with Gasteiger partial charge >= 0.3 is 11.9 Å². The second kappa shape index (κ2) is 5.73. The molecule has 0 heterocycles. The Kier molecular flexibility index (Phi) is 4.84. The zero-order chi connectivity index (χ0) is 18.9. The molecule has 4 unspecified atom stereocenters. The highest BCUT2D eigenvalue weighted by Gasteiger charge is 2.96. The first-order valence-corrected chi connectivity index (χ1v) is 9.60. The van der Waals surface area contributed by atoms with Crippen LogP contribution in [-0.4, -0.2) is 22.2 Å². The van der Waals surface area contributed by atoms with Crippen LogP contribution in [0.2, 0.25) is 0 Å². The number of hydrogen-bond acceptors (Lipinski definition) is 2. The van der Waals surface area contributed by atoms with E-state index in [-0.39, 0.29) is 4.49 Å². The van der Waals surface area contributed by atoms with Crippen molar-refractivity contribution < 1.29 is 19.8 Å². The summed E-state index contributed by atoms with van der Waals surface area (Å²) in [4.78, 5) is 24.8. The third-order valence-electron chi connectivity index (χ3n) is 6.24. The third kappa shape index (κ3) is 2.15. The average molecular weight is 505 g/mol. The van der Waals surface area contributed by atoms with Gasteiger partial charge in [0.2, 0.25) is 0 Å². The van der Waals surface area contributed by atoms with Gasteiger partial charge in [0.05, 0.1) is 14.2 Å². The topological polar surface area (TPSA) is 74.6 Å². The number of halogens is 4. The second-order valence-electron chi connectivity index (χ2n) is 7.54. The summed E-state index contributed by atoms with van der Waals surface area (Å²) in [6.45, 7) is 7.07. The Morgan fingerprint density at radius 3 is 1.46 bits per heavy atom. The molecule has 4 nitrogen and oxygen atoms in total. The summed E-state index contributed by atoms with van der Waals surface area (Å²) >= 11 is 18.1. The van der Waals surface area contributed by atoms with Gasteiger partial charge in [0.15, 0.2) is 0 Å². The smallest absolute Gasteiger partial charge is 0.312 e. The summed E-state index contributed by atoms with van der Waals surface area (Å²) in [6, 6.07) is 0. The predicted molar refractivity (Wildman–Crippen MR) is 100 cm³/mol. The number of rotatable bonds is 5. The average Bonchev–Trinajstić information content (AvgIpc) is 3.05. The van der Waals surface area contributed by atoms with Crippen molar-refractivity contribution >= 4 is 67.0 Å². The number of carboxylic acids is 2. The number of hydrogen-bond donors (Lipinski definition) is 2. The van der Waals surface area contributed by atoms with E-state index in [0.717, 1.165) is 0 Å². The van der Waals surface area contributed by atoms with E-state index in [1.165, 1.54) is 6.08 Å². The third-order valence-corrected chi connectivity index (χ3v) is 7.02.